The van der Waals surface area contributed by atoms with Gasteiger partial charge in [-0.3, -0.25) is 4.98 Å². The monoisotopic (exact) mass is 361 g/mol. The van der Waals surface area contributed by atoms with Gasteiger partial charge in [-0.1, -0.05) is 41.9 Å². The number of aromatic nitrogens is 3. The molecule has 2 N–H and O–H groups in total. The van der Waals surface area contributed by atoms with Crippen LogP contribution in [-0.4, -0.2) is 15.0 Å². The smallest absolute Gasteiger partial charge is 0.229 e. The van der Waals surface area contributed by atoms with Crippen molar-refractivity contribution in [2.75, 3.05) is 10.6 Å². The molecule has 0 amide bonds. The fraction of sp³-hybridized carbons (Fsp3) is 0.0500. The minimum Gasteiger partial charge on any atom is -0.339 e. The van der Waals surface area contributed by atoms with Crippen molar-refractivity contribution in [3.8, 4) is 0 Å². The SMILES string of the molecule is Cc1cc(Nc2ccccc2Cl)nc(Nc2cccc3cccnc23)n1. The van der Waals surface area contributed by atoms with Crippen LogP contribution in [0.15, 0.2) is 66.9 Å². The van der Waals surface area contributed by atoms with Crippen molar-refractivity contribution in [2.45, 2.75) is 6.92 Å². The maximum absolute atomic E-state index is 6.22. The van der Waals surface area contributed by atoms with Crippen molar-refractivity contribution in [3.63, 3.8) is 0 Å². The van der Waals surface area contributed by atoms with Crippen molar-refractivity contribution in [2.24, 2.45) is 0 Å². The van der Waals surface area contributed by atoms with Crippen LogP contribution in [-0.2, 0) is 0 Å². The van der Waals surface area contributed by atoms with E-state index in [1.807, 2.05) is 67.6 Å². The first kappa shape index (κ1) is 16.3. The van der Waals surface area contributed by atoms with Crippen LogP contribution in [0, 0.1) is 6.92 Å². The molecule has 128 valence electrons. The summed E-state index contributed by atoms with van der Waals surface area (Å²) in [6, 6.07) is 19.3. The van der Waals surface area contributed by atoms with E-state index in [-0.39, 0.29) is 0 Å². The number of halogens is 1. The topological polar surface area (TPSA) is 62.7 Å². The normalized spacial score (nSPS) is 10.7. The number of para-hydroxylation sites is 2. The number of benzene rings is 2. The van der Waals surface area contributed by atoms with Gasteiger partial charge in [0.15, 0.2) is 0 Å². The van der Waals surface area contributed by atoms with Crippen LogP contribution in [0.2, 0.25) is 5.02 Å². The van der Waals surface area contributed by atoms with Gasteiger partial charge in [0.2, 0.25) is 5.95 Å². The molecule has 0 radical (unpaired) electrons. The second-order valence-electron chi connectivity index (χ2n) is 5.83. The third-order valence-electron chi connectivity index (χ3n) is 3.87. The minimum absolute atomic E-state index is 0.498. The third-order valence-corrected chi connectivity index (χ3v) is 4.20. The summed E-state index contributed by atoms with van der Waals surface area (Å²) in [6.07, 6.45) is 1.77. The first-order valence-corrected chi connectivity index (χ1v) is 8.55. The number of hydrogen-bond donors (Lipinski definition) is 2. The minimum atomic E-state index is 0.498. The number of nitrogens with one attached hydrogen (secondary N) is 2. The van der Waals surface area contributed by atoms with E-state index in [1.165, 1.54) is 0 Å². The maximum atomic E-state index is 6.22. The third kappa shape index (κ3) is 3.43. The summed E-state index contributed by atoms with van der Waals surface area (Å²) in [6.45, 7) is 1.92. The highest BCUT2D eigenvalue weighted by molar-refractivity contribution is 6.33. The molecule has 0 spiro atoms. The van der Waals surface area contributed by atoms with Crippen LogP contribution in [0.4, 0.5) is 23.1 Å². The Morgan fingerprint density at radius 1 is 0.846 bits per heavy atom. The highest BCUT2D eigenvalue weighted by atomic mass is 35.5. The predicted molar refractivity (Wildman–Crippen MR) is 107 cm³/mol. The molecule has 0 aliphatic carbocycles. The highest BCUT2D eigenvalue weighted by Gasteiger charge is 2.07. The zero-order valence-electron chi connectivity index (χ0n) is 14.1. The molecule has 26 heavy (non-hydrogen) atoms. The molecule has 0 saturated heterocycles. The van der Waals surface area contributed by atoms with Gasteiger partial charge in [-0.25, -0.2) is 4.98 Å². The maximum Gasteiger partial charge on any atom is 0.229 e. The van der Waals surface area contributed by atoms with Gasteiger partial charge < -0.3 is 10.6 Å². The molecule has 0 saturated carbocycles. The van der Waals surface area contributed by atoms with Crippen LogP contribution in [0.25, 0.3) is 10.9 Å². The quantitative estimate of drug-likeness (QED) is 0.504. The van der Waals surface area contributed by atoms with Gasteiger partial charge in [-0.15, -0.1) is 0 Å². The van der Waals surface area contributed by atoms with Crippen LogP contribution in [0.3, 0.4) is 0 Å². The first-order chi connectivity index (χ1) is 12.7. The van der Waals surface area contributed by atoms with Crippen molar-refractivity contribution in [3.05, 3.63) is 77.6 Å². The Morgan fingerprint density at radius 2 is 1.65 bits per heavy atom. The molecule has 2 heterocycles. The molecular formula is C20H16ClN5. The summed E-state index contributed by atoms with van der Waals surface area (Å²) in [5.74, 6) is 1.17. The van der Waals surface area contributed by atoms with E-state index in [1.54, 1.807) is 6.20 Å². The number of pyridine rings is 1. The molecule has 0 fully saturated rings. The Labute approximate surface area is 156 Å². The number of fused-ring (bicyclic) bond motifs is 1. The van der Waals surface area contributed by atoms with Gasteiger partial charge in [-0.2, -0.15) is 4.98 Å². The van der Waals surface area contributed by atoms with E-state index in [0.29, 0.717) is 16.8 Å². The van der Waals surface area contributed by atoms with Gasteiger partial charge in [0.05, 0.1) is 21.9 Å². The van der Waals surface area contributed by atoms with E-state index >= 15 is 0 Å². The highest BCUT2D eigenvalue weighted by Crippen LogP contribution is 2.26. The standard InChI is InChI=1S/C20H16ClN5/c1-13-12-18(24-16-9-3-2-8-15(16)21)26-20(23-13)25-17-10-4-6-14-7-5-11-22-19(14)17/h2-12H,1H3,(H2,23,24,25,26). The van der Waals surface area contributed by atoms with Gasteiger partial charge in [0.25, 0.3) is 0 Å². The number of anilines is 4. The summed E-state index contributed by atoms with van der Waals surface area (Å²) in [7, 11) is 0. The zero-order valence-corrected chi connectivity index (χ0v) is 14.8. The van der Waals surface area contributed by atoms with Crippen molar-refractivity contribution >= 4 is 45.6 Å². The van der Waals surface area contributed by atoms with Crippen LogP contribution in [0.1, 0.15) is 5.69 Å². The van der Waals surface area contributed by atoms with Crippen LogP contribution >= 0.6 is 11.6 Å². The Kier molecular flexibility index (Phi) is 4.37. The molecule has 0 atom stereocenters. The lowest BCUT2D eigenvalue weighted by molar-refractivity contribution is 1.11. The van der Waals surface area contributed by atoms with E-state index in [0.717, 1.165) is 28.0 Å². The largest absolute Gasteiger partial charge is 0.339 e. The molecule has 6 heteroatoms. The predicted octanol–water partition coefficient (Wildman–Crippen LogP) is 5.47. The lowest BCUT2D eigenvalue weighted by Gasteiger charge is -2.12. The van der Waals surface area contributed by atoms with Crippen molar-refractivity contribution in [1.82, 2.24) is 15.0 Å². The second kappa shape index (κ2) is 6.98. The number of nitrogens with zero attached hydrogens (tertiary/aromatic N) is 3. The summed E-state index contributed by atoms with van der Waals surface area (Å²) < 4.78 is 0. The van der Waals surface area contributed by atoms with E-state index in [2.05, 4.69) is 25.6 Å². The summed E-state index contributed by atoms with van der Waals surface area (Å²) in [4.78, 5) is 13.5. The average molecular weight is 362 g/mol. The second-order valence-corrected chi connectivity index (χ2v) is 6.24. The lowest BCUT2D eigenvalue weighted by atomic mass is 10.2. The number of rotatable bonds is 4. The zero-order chi connectivity index (χ0) is 17.9. The number of aryl methyl sites for hydroxylation is 1. The molecule has 0 bridgehead atoms. The molecule has 4 aromatic rings. The fourth-order valence-electron chi connectivity index (χ4n) is 2.71. The number of hydrogen-bond acceptors (Lipinski definition) is 5. The summed E-state index contributed by atoms with van der Waals surface area (Å²) in [5, 5.41) is 8.20. The molecule has 2 aromatic carbocycles. The van der Waals surface area contributed by atoms with Crippen LogP contribution in [0.5, 0.6) is 0 Å². The Morgan fingerprint density at radius 3 is 2.54 bits per heavy atom. The molecule has 0 unspecified atom stereocenters. The molecule has 5 nitrogen and oxygen atoms in total. The van der Waals surface area contributed by atoms with E-state index < -0.39 is 0 Å². The molecular weight excluding hydrogens is 346 g/mol. The Bertz CT molecular complexity index is 1080. The first-order valence-electron chi connectivity index (χ1n) is 8.17. The summed E-state index contributed by atoms with van der Waals surface area (Å²) >= 11 is 6.22. The molecule has 4 rings (SSSR count). The average Bonchev–Trinajstić information content (AvgIpc) is 2.64. The van der Waals surface area contributed by atoms with E-state index in [4.69, 9.17) is 11.6 Å². The van der Waals surface area contributed by atoms with Gasteiger partial charge >= 0.3 is 0 Å². The van der Waals surface area contributed by atoms with Crippen molar-refractivity contribution in [1.29, 1.82) is 0 Å². The molecule has 2 aromatic heterocycles. The fourth-order valence-corrected chi connectivity index (χ4v) is 2.90. The molecule has 0 aliphatic rings. The summed E-state index contributed by atoms with van der Waals surface area (Å²) in [5.41, 5.74) is 3.37. The Hall–Kier alpha value is -3.18. The van der Waals surface area contributed by atoms with Gasteiger partial charge in [0.1, 0.15) is 5.82 Å². The van der Waals surface area contributed by atoms with Gasteiger partial charge in [-0.05, 0) is 31.2 Å². The molecule has 0 aliphatic heterocycles. The Balaban J connectivity index is 1.67. The van der Waals surface area contributed by atoms with Crippen LogP contribution < -0.4 is 10.6 Å². The lowest BCUT2D eigenvalue weighted by Crippen LogP contribution is -2.03. The van der Waals surface area contributed by atoms with Crippen molar-refractivity contribution < 1.29 is 0 Å². The van der Waals surface area contributed by atoms with E-state index in [9.17, 15) is 0 Å². The van der Waals surface area contributed by atoms with Gasteiger partial charge in [0, 0.05) is 23.3 Å².